The van der Waals surface area contributed by atoms with Gasteiger partial charge in [-0.05, 0) is 12.1 Å². The minimum Gasteiger partial charge on any atom is -0.463 e. The second-order valence-electron chi connectivity index (χ2n) is 8.45. The first-order valence-corrected chi connectivity index (χ1v) is 11.6. The van der Waals surface area contributed by atoms with Gasteiger partial charge in [-0.1, -0.05) is 12.1 Å². The van der Waals surface area contributed by atoms with E-state index in [-0.39, 0.29) is 13.0 Å². The van der Waals surface area contributed by atoms with Crippen LogP contribution in [0.5, 0.6) is 0 Å². The Labute approximate surface area is 216 Å². The molecule has 0 spiro atoms. The molecule has 2 heterocycles. The highest BCUT2D eigenvalue weighted by molar-refractivity contribution is 5.75. The lowest BCUT2D eigenvalue weighted by Gasteiger charge is -2.44. The number of amides is 1. The van der Waals surface area contributed by atoms with E-state index in [1.807, 2.05) is 0 Å². The fourth-order valence-electron chi connectivity index (χ4n) is 4.01. The fourth-order valence-corrected chi connectivity index (χ4v) is 4.01. The first-order chi connectivity index (χ1) is 18.0. The van der Waals surface area contributed by atoms with Gasteiger partial charge in [0.25, 0.3) is 0 Å². The number of esters is 4. The van der Waals surface area contributed by atoms with Crippen LogP contribution in [0.2, 0.25) is 0 Å². The van der Waals surface area contributed by atoms with E-state index in [1.165, 1.54) is 11.5 Å². The largest absolute Gasteiger partial charge is 0.463 e. The van der Waals surface area contributed by atoms with Crippen LogP contribution in [0.1, 0.15) is 34.1 Å². The Bertz CT molecular complexity index is 1260. The van der Waals surface area contributed by atoms with Gasteiger partial charge in [0, 0.05) is 34.2 Å². The van der Waals surface area contributed by atoms with Crippen LogP contribution in [-0.2, 0) is 54.2 Å². The summed E-state index contributed by atoms with van der Waals surface area (Å²) in [5.74, 6) is -4.31. The van der Waals surface area contributed by atoms with Crippen molar-refractivity contribution in [3.8, 4) is 0 Å². The Balaban J connectivity index is 1.85. The van der Waals surface area contributed by atoms with E-state index in [0.29, 0.717) is 11.1 Å². The molecule has 0 unspecified atom stereocenters. The Morgan fingerprint density at radius 1 is 0.921 bits per heavy atom. The summed E-state index contributed by atoms with van der Waals surface area (Å²) in [4.78, 5) is 72.1. The van der Waals surface area contributed by atoms with Gasteiger partial charge in [0.15, 0.2) is 17.8 Å². The van der Waals surface area contributed by atoms with Gasteiger partial charge in [-0.15, -0.1) is 0 Å². The number of carbonyl (C=O) groups excluding carboxylic acids is 5. The molecule has 0 bridgehead atoms. The third kappa shape index (κ3) is 7.18. The normalized spacial score (nSPS) is 22.8. The number of fused-ring (bicyclic) bond motifs is 1. The highest BCUT2D eigenvalue weighted by Crippen LogP contribution is 2.28. The van der Waals surface area contributed by atoms with Gasteiger partial charge in [0.05, 0.1) is 11.9 Å². The van der Waals surface area contributed by atoms with Crippen LogP contribution >= 0.6 is 0 Å². The number of aromatic nitrogens is 1. The van der Waals surface area contributed by atoms with E-state index in [1.54, 1.807) is 24.3 Å². The summed E-state index contributed by atoms with van der Waals surface area (Å²) in [6.07, 6.45) is -5.75. The molecule has 206 valence electrons. The number of aryl methyl sites for hydroxylation is 1. The van der Waals surface area contributed by atoms with Crippen LogP contribution in [0.25, 0.3) is 11.1 Å². The number of benzene rings is 1. The van der Waals surface area contributed by atoms with Gasteiger partial charge in [-0.3, -0.25) is 28.5 Å². The van der Waals surface area contributed by atoms with E-state index in [0.717, 1.165) is 20.8 Å². The zero-order valence-electron chi connectivity index (χ0n) is 21.2. The molecule has 1 aliphatic rings. The van der Waals surface area contributed by atoms with Crippen molar-refractivity contribution in [2.75, 3.05) is 6.61 Å². The molecule has 38 heavy (non-hydrogen) atoms. The molecule has 1 fully saturated rings. The van der Waals surface area contributed by atoms with Gasteiger partial charge in [-0.2, -0.15) is 0 Å². The Morgan fingerprint density at radius 3 is 2.21 bits per heavy atom. The van der Waals surface area contributed by atoms with E-state index >= 15 is 0 Å². The summed E-state index contributed by atoms with van der Waals surface area (Å²) in [7, 11) is 0. The summed E-state index contributed by atoms with van der Waals surface area (Å²) < 4.78 is 33.3. The number of nitrogens with zero attached hydrogens (tertiary/aromatic N) is 1. The topological polar surface area (TPSA) is 179 Å². The predicted molar refractivity (Wildman–Crippen MR) is 125 cm³/mol. The van der Waals surface area contributed by atoms with Gasteiger partial charge >= 0.3 is 29.6 Å². The molecular weight excluding hydrogens is 508 g/mol. The van der Waals surface area contributed by atoms with E-state index in [4.69, 9.17) is 28.1 Å². The number of rotatable bonds is 9. The average Bonchev–Trinajstić information content (AvgIpc) is 3.14. The van der Waals surface area contributed by atoms with Gasteiger partial charge in [0.1, 0.15) is 18.8 Å². The molecule has 5 atom stereocenters. The summed E-state index contributed by atoms with van der Waals surface area (Å²) in [5.41, 5.74) is 0.831. The van der Waals surface area contributed by atoms with Crippen LogP contribution in [0.3, 0.4) is 0 Å². The predicted octanol–water partition coefficient (Wildman–Crippen LogP) is 0.184. The van der Waals surface area contributed by atoms with Gasteiger partial charge < -0.3 is 33.4 Å². The summed E-state index contributed by atoms with van der Waals surface area (Å²) in [6.45, 7) is 3.99. The fraction of sp³-hybridized carbons (Fsp3) is 0.500. The van der Waals surface area contributed by atoms with Crippen molar-refractivity contribution < 1.29 is 52.1 Å². The van der Waals surface area contributed by atoms with E-state index in [9.17, 15) is 28.8 Å². The van der Waals surface area contributed by atoms with E-state index in [2.05, 4.69) is 5.32 Å². The maximum absolute atomic E-state index is 12.8. The highest BCUT2D eigenvalue weighted by Gasteiger charge is 2.52. The molecule has 14 heteroatoms. The van der Waals surface area contributed by atoms with Crippen LogP contribution in [0, 0.1) is 0 Å². The monoisotopic (exact) mass is 536 g/mol. The first kappa shape index (κ1) is 28.4. The maximum atomic E-state index is 12.8. The number of carbonyl (C=O) groups is 5. The quantitative estimate of drug-likeness (QED) is 0.340. The van der Waals surface area contributed by atoms with Crippen molar-refractivity contribution >= 4 is 40.9 Å². The number of hydrogen-bond donors (Lipinski definition) is 1. The third-order valence-electron chi connectivity index (χ3n) is 5.43. The van der Waals surface area contributed by atoms with Gasteiger partial charge in [0.2, 0.25) is 12.2 Å². The molecule has 3 rings (SSSR count). The maximum Gasteiger partial charge on any atom is 0.419 e. The number of oxazole rings is 1. The van der Waals surface area contributed by atoms with Crippen molar-refractivity contribution in [3.63, 3.8) is 0 Å². The lowest BCUT2D eigenvalue weighted by Crippen LogP contribution is -2.66. The molecule has 0 radical (unpaired) electrons. The molecule has 1 aromatic carbocycles. The zero-order chi connectivity index (χ0) is 28.0. The molecule has 1 aliphatic heterocycles. The minimum absolute atomic E-state index is 0.0907. The highest BCUT2D eigenvalue weighted by atomic mass is 16.7. The minimum atomic E-state index is -1.54. The Morgan fingerprint density at radius 2 is 1.58 bits per heavy atom. The second kappa shape index (κ2) is 12.4. The van der Waals surface area contributed by atoms with Crippen molar-refractivity contribution in [2.24, 2.45) is 0 Å². The third-order valence-corrected chi connectivity index (χ3v) is 5.43. The average molecular weight is 536 g/mol. The van der Waals surface area contributed by atoms with Crippen molar-refractivity contribution in [1.29, 1.82) is 0 Å². The molecule has 1 aromatic heterocycles. The Hall–Kier alpha value is -4.20. The molecule has 14 nitrogen and oxygen atoms in total. The summed E-state index contributed by atoms with van der Waals surface area (Å²) in [6, 6.07) is 5.37. The van der Waals surface area contributed by atoms with Crippen LogP contribution in [0.15, 0.2) is 33.5 Å². The lowest BCUT2D eigenvalue weighted by molar-refractivity contribution is -0.271. The second-order valence-corrected chi connectivity index (χ2v) is 8.45. The molecule has 1 amide bonds. The molecule has 2 aromatic rings. The smallest absolute Gasteiger partial charge is 0.419 e. The van der Waals surface area contributed by atoms with Gasteiger partial charge in [-0.25, -0.2) is 4.79 Å². The standard InChI is InChI=1S/C24H28N2O12/c1-12(27)25-20-22(35-15(4)30)21(34-14(3)29)18(11-33-13(2)28)36-23(20)38-19(31)9-10-26-16-7-5-6-8-17(16)37-24(26)32/h5-8,18,20-23H,9-11H2,1-4H3,(H,25,27)/t18-,20+,21+,22+,23+/m0/s1. The van der Waals surface area contributed by atoms with Crippen molar-refractivity contribution in [1.82, 2.24) is 9.88 Å². The zero-order valence-corrected chi connectivity index (χ0v) is 21.2. The molecule has 0 saturated carbocycles. The van der Waals surface area contributed by atoms with Crippen LogP contribution in [-0.4, -0.2) is 71.6 Å². The number of ether oxygens (including phenoxy) is 5. The van der Waals surface area contributed by atoms with Crippen molar-refractivity contribution in [2.45, 2.75) is 71.3 Å². The summed E-state index contributed by atoms with van der Waals surface area (Å²) in [5, 5.41) is 2.50. The van der Waals surface area contributed by atoms with E-state index < -0.39 is 72.8 Å². The lowest BCUT2D eigenvalue weighted by atomic mass is 9.96. The number of para-hydroxylation sites is 2. The van der Waals surface area contributed by atoms with Crippen LogP contribution < -0.4 is 11.1 Å². The van der Waals surface area contributed by atoms with Crippen LogP contribution in [0.4, 0.5) is 0 Å². The number of nitrogens with one attached hydrogen (secondary N) is 1. The molecule has 0 aliphatic carbocycles. The summed E-state index contributed by atoms with van der Waals surface area (Å²) >= 11 is 0. The first-order valence-electron chi connectivity index (χ1n) is 11.6. The van der Waals surface area contributed by atoms with Crippen molar-refractivity contribution in [3.05, 3.63) is 34.8 Å². The molecule has 1 N–H and O–H groups in total. The number of hydrogen-bond acceptors (Lipinski definition) is 12. The molecule has 1 saturated heterocycles. The Kier molecular flexibility index (Phi) is 9.23. The molecular formula is C24H28N2O12. The SMILES string of the molecule is CC(=O)N[C@H]1[C@@H](OC(=O)CCn2c(=O)oc3ccccc32)O[C@@H](COC(C)=O)[C@@H](OC(C)=O)[C@@H]1OC(C)=O.